The molecule has 0 bridgehead atoms. The third-order valence-electron chi connectivity index (χ3n) is 6.31. The first-order chi connectivity index (χ1) is 19.5. The minimum Gasteiger partial charge on any atom is -0.755 e. The van der Waals surface area contributed by atoms with E-state index in [9.17, 15) is 13.6 Å². The van der Waals surface area contributed by atoms with Gasteiger partial charge in [0.15, 0.2) is 5.82 Å². The highest BCUT2D eigenvalue weighted by atomic mass is 35.5. The van der Waals surface area contributed by atoms with Crippen LogP contribution in [0.1, 0.15) is 44.3 Å². The van der Waals surface area contributed by atoms with Crippen molar-refractivity contribution in [1.29, 1.82) is 0 Å². The minimum absolute atomic E-state index is 0.136. The lowest BCUT2D eigenvalue weighted by Gasteiger charge is -2.28. The monoisotopic (exact) mass is 587 g/mol. The zero-order valence-electron chi connectivity index (χ0n) is 21.1. The lowest BCUT2D eigenvalue weighted by Crippen LogP contribution is -2.31. The lowest BCUT2D eigenvalue weighted by molar-refractivity contribution is 0.0943. The summed E-state index contributed by atoms with van der Waals surface area (Å²) in [6, 6.07) is 33.2. The molecule has 0 aliphatic carbocycles. The van der Waals surface area contributed by atoms with E-state index in [4.69, 9.17) is 11.6 Å². The molecule has 7 nitrogen and oxygen atoms in total. The highest BCUT2D eigenvalue weighted by molar-refractivity contribution is 7.81. The predicted octanol–water partition coefficient (Wildman–Crippen LogP) is 6.32. The van der Waals surface area contributed by atoms with E-state index in [1.165, 1.54) is 0 Å². The zero-order valence-corrected chi connectivity index (χ0v) is 23.5. The van der Waals surface area contributed by atoms with Crippen LogP contribution in [0.2, 0.25) is 0 Å². The van der Waals surface area contributed by atoms with E-state index in [1.54, 1.807) is 18.2 Å². The number of alkyl halides is 1. The SMILES string of the molecule is O=C(NC(c1ccccc1)c1ccccc1)c1ccc(CCl)cc1N(c1nsnc1Cc1ccccc1)S(=O)[O-]. The fourth-order valence-corrected chi connectivity index (χ4v) is 5.77. The number of hydrogen-bond acceptors (Lipinski definition) is 6. The highest BCUT2D eigenvalue weighted by Gasteiger charge is 2.26. The van der Waals surface area contributed by atoms with Crippen molar-refractivity contribution < 1.29 is 13.6 Å². The van der Waals surface area contributed by atoms with Gasteiger partial charge in [-0.05, 0) is 34.4 Å². The second-order valence-electron chi connectivity index (χ2n) is 8.92. The topological polar surface area (TPSA) is 98.2 Å². The summed E-state index contributed by atoms with van der Waals surface area (Å²) < 4.78 is 35.2. The number of halogens is 1. The van der Waals surface area contributed by atoms with Gasteiger partial charge in [0.2, 0.25) is 0 Å². The Kier molecular flexibility index (Phi) is 8.98. The Morgan fingerprint density at radius 3 is 2.05 bits per heavy atom. The maximum Gasteiger partial charge on any atom is 0.254 e. The molecule has 0 radical (unpaired) electrons. The molecule has 0 aliphatic rings. The molecule has 1 amide bonds. The summed E-state index contributed by atoms with van der Waals surface area (Å²) in [5.41, 5.74) is 4.17. The van der Waals surface area contributed by atoms with Crippen molar-refractivity contribution in [2.75, 3.05) is 4.31 Å². The summed E-state index contributed by atoms with van der Waals surface area (Å²) in [6.07, 6.45) is 0.376. The highest BCUT2D eigenvalue weighted by Crippen LogP contribution is 2.34. The predicted molar refractivity (Wildman–Crippen MR) is 158 cm³/mol. The van der Waals surface area contributed by atoms with Crippen molar-refractivity contribution in [1.82, 2.24) is 14.1 Å². The molecule has 10 heteroatoms. The van der Waals surface area contributed by atoms with Crippen LogP contribution in [0.25, 0.3) is 0 Å². The third kappa shape index (κ3) is 6.29. The van der Waals surface area contributed by atoms with Crippen molar-refractivity contribution in [2.24, 2.45) is 0 Å². The van der Waals surface area contributed by atoms with Crippen LogP contribution in [-0.4, -0.2) is 23.4 Å². The van der Waals surface area contributed by atoms with Gasteiger partial charge in [-0.25, -0.2) is 0 Å². The standard InChI is InChI=1S/C30H25ClN4O3S2/c31-20-22-16-17-25(30(36)32-28(23-12-6-2-7-13-23)24-14-8-3-9-15-24)27(19-22)35(40(37)38)29-26(33-39-34-29)18-21-10-4-1-5-11-21/h1-17,19,28H,18,20H2,(H,32,36)(H,37,38)/p-1. The summed E-state index contributed by atoms with van der Waals surface area (Å²) in [6.45, 7) is 0. The molecule has 0 saturated heterocycles. The largest absolute Gasteiger partial charge is 0.755 e. The fraction of sp³-hybridized carbons (Fsp3) is 0.100. The Morgan fingerprint density at radius 1 is 0.875 bits per heavy atom. The summed E-state index contributed by atoms with van der Waals surface area (Å²) in [5, 5.41) is 3.10. The Balaban J connectivity index is 1.55. The van der Waals surface area contributed by atoms with Crippen LogP contribution >= 0.6 is 23.3 Å². The molecule has 5 rings (SSSR count). The van der Waals surface area contributed by atoms with Crippen LogP contribution < -0.4 is 9.62 Å². The van der Waals surface area contributed by atoms with Gasteiger partial charge in [0.25, 0.3) is 5.91 Å². The quantitative estimate of drug-likeness (QED) is 0.152. The molecule has 1 aromatic heterocycles. The molecule has 40 heavy (non-hydrogen) atoms. The Morgan fingerprint density at radius 2 is 1.48 bits per heavy atom. The van der Waals surface area contributed by atoms with Crippen LogP contribution in [0.3, 0.4) is 0 Å². The molecule has 0 aliphatic heterocycles. The van der Waals surface area contributed by atoms with E-state index in [1.807, 2.05) is 91.0 Å². The number of anilines is 2. The molecule has 1 atom stereocenters. The molecule has 202 valence electrons. The molecule has 1 unspecified atom stereocenters. The average Bonchev–Trinajstić information content (AvgIpc) is 3.44. The molecule has 4 aromatic carbocycles. The van der Waals surface area contributed by atoms with Crippen molar-refractivity contribution in [2.45, 2.75) is 18.3 Å². The number of nitrogens with one attached hydrogen (secondary N) is 1. The van der Waals surface area contributed by atoms with E-state index in [2.05, 4.69) is 14.1 Å². The summed E-state index contributed by atoms with van der Waals surface area (Å²) >= 11 is 4.23. The van der Waals surface area contributed by atoms with Crippen LogP contribution in [0, 0.1) is 0 Å². The second kappa shape index (κ2) is 13.0. The molecule has 5 aromatic rings. The molecule has 0 spiro atoms. The lowest BCUT2D eigenvalue weighted by atomic mass is 9.98. The van der Waals surface area contributed by atoms with E-state index >= 15 is 0 Å². The van der Waals surface area contributed by atoms with Crippen LogP contribution in [0.4, 0.5) is 11.5 Å². The fourth-order valence-electron chi connectivity index (χ4n) is 4.40. The zero-order chi connectivity index (χ0) is 27.9. The Bertz CT molecular complexity index is 1560. The van der Waals surface area contributed by atoms with E-state index in [-0.39, 0.29) is 22.9 Å². The first-order valence-corrected chi connectivity index (χ1v) is 14.7. The number of rotatable bonds is 10. The van der Waals surface area contributed by atoms with Crippen molar-refractivity contribution in [3.05, 3.63) is 143 Å². The minimum atomic E-state index is -2.81. The van der Waals surface area contributed by atoms with Gasteiger partial charge in [0, 0.05) is 12.3 Å². The maximum atomic E-state index is 13.9. The van der Waals surface area contributed by atoms with Gasteiger partial charge in [-0.3, -0.25) is 13.3 Å². The number of amides is 1. The van der Waals surface area contributed by atoms with E-state index in [0.29, 0.717) is 17.7 Å². The van der Waals surface area contributed by atoms with Crippen molar-refractivity contribution >= 4 is 52.0 Å². The molecule has 1 heterocycles. The Hall–Kier alpha value is -3.89. The number of carbonyl (C=O) groups excluding carboxylic acids is 1. The first-order valence-electron chi connectivity index (χ1n) is 12.4. The third-order valence-corrected chi connectivity index (χ3v) is 7.85. The van der Waals surface area contributed by atoms with Gasteiger partial charge in [0.05, 0.1) is 40.3 Å². The summed E-state index contributed by atoms with van der Waals surface area (Å²) in [7, 11) is 0. The maximum absolute atomic E-state index is 13.9. The van der Waals surface area contributed by atoms with Crippen molar-refractivity contribution in [3.63, 3.8) is 0 Å². The van der Waals surface area contributed by atoms with Gasteiger partial charge in [-0.2, -0.15) is 8.75 Å². The smallest absolute Gasteiger partial charge is 0.254 e. The molecule has 0 saturated carbocycles. The van der Waals surface area contributed by atoms with Crippen LogP contribution in [0.15, 0.2) is 109 Å². The summed E-state index contributed by atoms with van der Waals surface area (Å²) in [4.78, 5) is 13.9. The van der Waals surface area contributed by atoms with Gasteiger partial charge >= 0.3 is 0 Å². The van der Waals surface area contributed by atoms with Gasteiger partial charge in [0.1, 0.15) is 5.69 Å². The second-order valence-corrected chi connectivity index (χ2v) is 10.5. The van der Waals surface area contributed by atoms with Gasteiger partial charge < -0.3 is 9.87 Å². The van der Waals surface area contributed by atoms with E-state index < -0.39 is 23.2 Å². The molecule has 1 N–H and O–H groups in total. The van der Waals surface area contributed by atoms with Gasteiger partial charge in [-0.15, -0.1) is 11.6 Å². The summed E-state index contributed by atoms with van der Waals surface area (Å²) in [5.74, 6) is -0.167. The molecule has 0 fully saturated rings. The van der Waals surface area contributed by atoms with Crippen LogP contribution in [-0.2, 0) is 23.6 Å². The van der Waals surface area contributed by atoms with Crippen LogP contribution in [0.5, 0.6) is 0 Å². The van der Waals surface area contributed by atoms with Gasteiger partial charge in [-0.1, -0.05) is 97.1 Å². The normalized spacial score (nSPS) is 11.8. The molecular formula is C30H24ClN4O3S2-. The number of nitrogens with zero attached hydrogens (tertiary/aromatic N) is 3. The Labute approximate surface area is 244 Å². The number of benzene rings is 4. The van der Waals surface area contributed by atoms with E-state index in [0.717, 1.165) is 32.7 Å². The van der Waals surface area contributed by atoms with Crippen molar-refractivity contribution in [3.8, 4) is 0 Å². The number of aromatic nitrogens is 2. The number of hydrogen-bond donors (Lipinski definition) is 1. The number of carbonyl (C=O) groups is 1. The molecular weight excluding hydrogens is 564 g/mol. The first kappa shape index (κ1) is 27.7. The average molecular weight is 588 g/mol.